The number of halogens is 1. The van der Waals surface area contributed by atoms with Gasteiger partial charge in [-0.1, -0.05) is 23.7 Å². The Morgan fingerprint density at radius 2 is 2.03 bits per heavy atom. The topological polar surface area (TPSA) is 91.5 Å². The molecule has 4 heterocycles. The van der Waals surface area contributed by atoms with E-state index in [2.05, 4.69) is 15.3 Å². The number of furan rings is 1. The minimum Gasteiger partial charge on any atom is -0.478 e. The molecule has 4 aromatic rings. The van der Waals surface area contributed by atoms with E-state index in [0.717, 1.165) is 11.3 Å². The van der Waals surface area contributed by atoms with Gasteiger partial charge >= 0.3 is 5.97 Å². The monoisotopic (exact) mass is 490 g/mol. The van der Waals surface area contributed by atoms with Gasteiger partial charge in [0.15, 0.2) is 5.11 Å². The number of rotatable bonds is 6. The van der Waals surface area contributed by atoms with Gasteiger partial charge in [-0.2, -0.15) is 0 Å². The summed E-state index contributed by atoms with van der Waals surface area (Å²) in [5, 5.41) is 13.7. The fraction of sp³-hybridized carbons (Fsp3) is 0.120. The summed E-state index contributed by atoms with van der Waals surface area (Å²) in [7, 11) is 0. The summed E-state index contributed by atoms with van der Waals surface area (Å²) < 4.78 is 6.28. The lowest BCUT2D eigenvalue weighted by Gasteiger charge is -2.26. The Labute approximate surface area is 206 Å². The summed E-state index contributed by atoms with van der Waals surface area (Å²) in [6.45, 7) is 0.527. The van der Waals surface area contributed by atoms with Crippen LogP contribution < -0.4 is 5.32 Å². The zero-order chi connectivity index (χ0) is 23.7. The average Bonchev–Trinajstić information content (AvgIpc) is 3.45. The molecule has 3 aromatic heterocycles. The van der Waals surface area contributed by atoms with Crippen molar-refractivity contribution in [1.29, 1.82) is 0 Å². The fourth-order valence-corrected chi connectivity index (χ4v) is 4.59. The highest BCUT2D eigenvalue weighted by molar-refractivity contribution is 7.80. The molecule has 1 aromatic carbocycles. The predicted octanol–water partition coefficient (Wildman–Crippen LogP) is 5.26. The minimum atomic E-state index is -1.03. The van der Waals surface area contributed by atoms with Crippen LogP contribution in [0.3, 0.4) is 0 Å². The van der Waals surface area contributed by atoms with Crippen molar-refractivity contribution in [3.8, 4) is 11.3 Å². The summed E-state index contributed by atoms with van der Waals surface area (Å²) in [6, 6.07) is 17.3. The third-order valence-electron chi connectivity index (χ3n) is 5.67. The van der Waals surface area contributed by atoms with Crippen LogP contribution in [0.5, 0.6) is 0 Å². The van der Waals surface area contributed by atoms with Gasteiger partial charge in [0.25, 0.3) is 0 Å². The molecular weight excluding hydrogens is 472 g/mol. The average molecular weight is 491 g/mol. The van der Waals surface area contributed by atoms with Crippen LogP contribution in [0.25, 0.3) is 11.3 Å². The standard InChI is InChI=1S/C25H19ClN4O3S/c26-18-7-6-16(24(31)32)12-17(18)20-8-9-21(33-20)23-22(19-5-1-2-11-28-19)29-25(34)30(23)14-15-4-3-10-27-13-15/h1-13,22-23H,14H2,(H,29,34)(H,31,32)/t22-,23+/m0/s1. The Balaban J connectivity index is 1.56. The Bertz CT molecular complexity index is 1350. The van der Waals surface area contributed by atoms with Crippen molar-refractivity contribution < 1.29 is 14.3 Å². The molecule has 0 bridgehead atoms. The molecule has 9 heteroatoms. The van der Waals surface area contributed by atoms with E-state index < -0.39 is 5.97 Å². The first-order valence-corrected chi connectivity index (χ1v) is 11.3. The van der Waals surface area contributed by atoms with Crippen molar-refractivity contribution in [3.63, 3.8) is 0 Å². The Kier molecular flexibility index (Phi) is 6.00. The van der Waals surface area contributed by atoms with Crippen LogP contribution in [0.2, 0.25) is 5.02 Å². The highest BCUT2D eigenvalue weighted by Crippen LogP contribution is 2.42. The quantitative estimate of drug-likeness (QED) is 0.353. The van der Waals surface area contributed by atoms with Crippen LogP contribution in [-0.4, -0.2) is 31.1 Å². The molecule has 0 spiro atoms. The van der Waals surface area contributed by atoms with Crippen LogP contribution in [0.15, 0.2) is 83.7 Å². The van der Waals surface area contributed by atoms with Crippen molar-refractivity contribution in [2.24, 2.45) is 0 Å². The van der Waals surface area contributed by atoms with E-state index in [1.807, 2.05) is 41.3 Å². The van der Waals surface area contributed by atoms with E-state index in [-0.39, 0.29) is 17.6 Å². The van der Waals surface area contributed by atoms with E-state index in [1.165, 1.54) is 12.1 Å². The smallest absolute Gasteiger partial charge is 0.335 e. The van der Waals surface area contributed by atoms with Gasteiger partial charge in [-0.25, -0.2) is 4.79 Å². The molecule has 0 aliphatic carbocycles. The number of benzene rings is 1. The second kappa shape index (κ2) is 9.24. The normalized spacial score (nSPS) is 17.6. The summed E-state index contributed by atoms with van der Waals surface area (Å²) in [4.78, 5) is 22.2. The van der Waals surface area contributed by atoms with E-state index in [1.54, 1.807) is 30.7 Å². The van der Waals surface area contributed by atoms with Crippen LogP contribution in [0.1, 0.15) is 39.5 Å². The maximum Gasteiger partial charge on any atom is 0.335 e. The SMILES string of the molecule is O=C(O)c1ccc(Cl)c(-c2ccc([C@@H]3[C@H](c4ccccn4)NC(=S)N3Cc3cccnc3)o2)c1. The molecule has 7 nitrogen and oxygen atoms in total. The fourth-order valence-electron chi connectivity index (χ4n) is 4.08. The molecule has 0 unspecified atom stereocenters. The van der Waals surface area contributed by atoms with Gasteiger partial charge in [0, 0.05) is 30.7 Å². The van der Waals surface area contributed by atoms with Crippen LogP contribution in [-0.2, 0) is 6.54 Å². The first-order chi connectivity index (χ1) is 16.5. The number of thiocarbonyl (C=S) groups is 1. The predicted molar refractivity (Wildman–Crippen MR) is 131 cm³/mol. The number of hydrogen-bond donors (Lipinski definition) is 2. The van der Waals surface area contributed by atoms with Gasteiger partial charge < -0.3 is 19.7 Å². The van der Waals surface area contributed by atoms with Crippen molar-refractivity contribution in [1.82, 2.24) is 20.2 Å². The number of carboxylic acid groups (broad SMARTS) is 1. The molecule has 1 aliphatic heterocycles. The number of hydrogen-bond acceptors (Lipinski definition) is 5. The lowest BCUT2D eigenvalue weighted by molar-refractivity contribution is 0.0697. The molecule has 0 radical (unpaired) electrons. The molecule has 1 saturated heterocycles. The molecule has 1 fully saturated rings. The molecular formula is C25H19ClN4O3S. The molecule has 5 rings (SSSR count). The van der Waals surface area contributed by atoms with Crippen LogP contribution in [0.4, 0.5) is 0 Å². The third-order valence-corrected chi connectivity index (χ3v) is 6.35. The number of nitrogens with one attached hydrogen (secondary N) is 1. The van der Waals surface area contributed by atoms with Crippen LogP contribution >= 0.6 is 23.8 Å². The maximum absolute atomic E-state index is 11.4. The summed E-state index contributed by atoms with van der Waals surface area (Å²) >= 11 is 12.1. The van der Waals surface area contributed by atoms with E-state index in [0.29, 0.717) is 33.8 Å². The van der Waals surface area contributed by atoms with Crippen molar-refractivity contribution in [2.75, 3.05) is 0 Å². The van der Waals surface area contributed by atoms with Crippen molar-refractivity contribution in [2.45, 2.75) is 18.6 Å². The first kappa shape index (κ1) is 22.1. The van der Waals surface area contributed by atoms with Crippen LogP contribution in [0, 0.1) is 0 Å². The van der Waals surface area contributed by atoms with Crippen molar-refractivity contribution in [3.05, 3.63) is 107 Å². The number of nitrogens with zero attached hydrogens (tertiary/aromatic N) is 3. The molecule has 170 valence electrons. The summed E-state index contributed by atoms with van der Waals surface area (Å²) in [5.41, 5.74) is 2.47. The molecule has 2 N–H and O–H groups in total. The first-order valence-electron chi connectivity index (χ1n) is 10.5. The maximum atomic E-state index is 11.4. The van der Waals surface area contributed by atoms with Gasteiger partial charge in [0.1, 0.15) is 17.6 Å². The highest BCUT2D eigenvalue weighted by atomic mass is 35.5. The number of carboxylic acids is 1. The highest BCUT2D eigenvalue weighted by Gasteiger charge is 2.41. The van der Waals surface area contributed by atoms with Gasteiger partial charge in [-0.3, -0.25) is 9.97 Å². The number of aromatic nitrogens is 2. The molecule has 2 atom stereocenters. The lowest BCUT2D eigenvalue weighted by atomic mass is 10.0. The Morgan fingerprint density at radius 3 is 2.76 bits per heavy atom. The second-order valence-electron chi connectivity index (χ2n) is 7.82. The minimum absolute atomic E-state index is 0.130. The van der Waals surface area contributed by atoms with Gasteiger partial charge in [-0.05, 0) is 66.3 Å². The third kappa shape index (κ3) is 4.25. The van der Waals surface area contributed by atoms with Gasteiger partial charge in [0.2, 0.25) is 0 Å². The number of pyridine rings is 2. The Morgan fingerprint density at radius 1 is 1.15 bits per heavy atom. The van der Waals surface area contributed by atoms with E-state index >= 15 is 0 Å². The van der Waals surface area contributed by atoms with Gasteiger partial charge in [-0.15, -0.1) is 0 Å². The van der Waals surface area contributed by atoms with Gasteiger partial charge in [0.05, 0.1) is 22.3 Å². The summed E-state index contributed by atoms with van der Waals surface area (Å²) in [5.74, 6) is 0.0913. The lowest BCUT2D eigenvalue weighted by Crippen LogP contribution is -2.29. The Hall–Kier alpha value is -3.75. The molecule has 0 amide bonds. The summed E-state index contributed by atoms with van der Waals surface area (Å²) in [6.07, 6.45) is 5.27. The second-order valence-corrected chi connectivity index (χ2v) is 8.61. The largest absolute Gasteiger partial charge is 0.478 e. The van der Waals surface area contributed by atoms with E-state index in [4.69, 9.17) is 28.2 Å². The molecule has 34 heavy (non-hydrogen) atoms. The zero-order valence-electron chi connectivity index (χ0n) is 17.8. The van der Waals surface area contributed by atoms with E-state index in [9.17, 15) is 9.90 Å². The number of carbonyl (C=O) groups is 1. The zero-order valence-corrected chi connectivity index (χ0v) is 19.3. The van der Waals surface area contributed by atoms with Crippen molar-refractivity contribution >= 4 is 34.9 Å². The molecule has 1 aliphatic rings. The molecule has 0 saturated carbocycles. The number of aromatic carboxylic acids is 1.